The Morgan fingerprint density at radius 2 is 2.00 bits per heavy atom. The molecule has 5 heteroatoms. The van der Waals surface area contributed by atoms with Crippen molar-refractivity contribution in [3.63, 3.8) is 0 Å². The van der Waals surface area contributed by atoms with Gasteiger partial charge in [-0.1, -0.05) is 23.7 Å². The Balaban J connectivity index is 2.18. The van der Waals surface area contributed by atoms with Gasteiger partial charge in [-0.05, 0) is 30.2 Å². The molecule has 0 saturated heterocycles. The fourth-order valence-electron chi connectivity index (χ4n) is 1.65. The zero-order valence-electron chi connectivity index (χ0n) is 9.41. The molecule has 0 amide bonds. The maximum atomic E-state index is 13.7. The lowest BCUT2D eigenvalue weighted by Crippen LogP contribution is -2.15. The van der Waals surface area contributed by atoms with Crippen molar-refractivity contribution in [1.29, 1.82) is 0 Å². The van der Waals surface area contributed by atoms with Crippen molar-refractivity contribution in [2.75, 3.05) is 0 Å². The van der Waals surface area contributed by atoms with Crippen molar-refractivity contribution in [2.24, 2.45) is 5.73 Å². The van der Waals surface area contributed by atoms with Gasteiger partial charge >= 0.3 is 0 Å². The Labute approximate surface area is 108 Å². The molecule has 0 fully saturated rings. The summed E-state index contributed by atoms with van der Waals surface area (Å²) >= 11 is 5.68. The molecule has 2 nitrogen and oxygen atoms in total. The van der Waals surface area contributed by atoms with E-state index in [-0.39, 0.29) is 11.4 Å². The number of rotatable bonds is 3. The second-order valence-corrected chi connectivity index (χ2v) is 4.33. The molecule has 0 saturated carbocycles. The highest BCUT2D eigenvalue weighted by Crippen LogP contribution is 2.22. The van der Waals surface area contributed by atoms with Crippen LogP contribution in [0.5, 0.6) is 0 Å². The number of aromatic nitrogens is 1. The molecule has 0 aliphatic heterocycles. The van der Waals surface area contributed by atoms with E-state index in [0.717, 1.165) is 6.20 Å². The predicted molar refractivity (Wildman–Crippen MR) is 66.2 cm³/mol. The average Bonchev–Trinajstić information content (AvgIpc) is 2.36. The second kappa shape index (κ2) is 5.42. The first-order valence-corrected chi connectivity index (χ1v) is 5.75. The third-order valence-corrected chi connectivity index (χ3v) is 2.89. The smallest absolute Gasteiger partial charge is 0.145 e. The topological polar surface area (TPSA) is 38.9 Å². The monoisotopic (exact) mass is 268 g/mol. The van der Waals surface area contributed by atoms with Crippen LogP contribution >= 0.6 is 11.6 Å². The van der Waals surface area contributed by atoms with Gasteiger partial charge in [0.15, 0.2) is 0 Å². The summed E-state index contributed by atoms with van der Waals surface area (Å²) in [4.78, 5) is 3.87. The summed E-state index contributed by atoms with van der Waals surface area (Å²) in [6, 6.07) is 7.01. The molecule has 2 rings (SSSR count). The fourth-order valence-corrected chi connectivity index (χ4v) is 1.85. The Bertz CT molecular complexity index is 543. The van der Waals surface area contributed by atoms with E-state index < -0.39 is 17.7 Å². The summed E-state index contributed by atoms with van der Waals surface area (Å²) in [5.74, 6) is -0.906. The molecule has 1 atom stereocenters. The van der Waals surface area contributed by atoms with E-state index in [1.165, 1.54) is 18.2 Å². The molecule has 18 heavy (non-hydrogen) atoms. The van der Waals surface area contributed by atoms with Crippen molar-refractivity contribution < 1.29 is 8.78 Å². The minimum atomic E-state index is -0.501. The molecular formula is C13H11ClF2N2. The van der Waals surface area contributed by atoms with Gasteiger partial charge in [0.1, 0.15) is 11.6 Å². The van der Waals surface area contributed by atoms with Crippen LogP contribution in [0.1, 0.15) is 17.3 Å². The van der Waals surface area contributed by atoms with Crippen molar-refractivity contribution in [3.8, 4) is 0 Å². The van der Waals surface area contributed by atoms with E-state index in [2.05, 4.69) is 4.98 Å². The van der Waals surface area contributed by atoms with E-state index in [0.29, 0.717) is 11.3 Å². The van der Waals surface area contributed by atoms with E-state index in [4.69, 9.17) is 17.3 Å². The lowest BCUT2D eigenvalue weighted by atomic mass is 10.0. The molecule has 0 radical (unpaired) electrons. The van der Waals surface area contributed by atoms with Gasteiger partial charge in [-0.2, -0.15) is 0 Å². The number of hydrogen-bond donors (Lipinski definition) is 1. The number of nitrogens with zero attached hydrogens (tertiary/aromatic N) is 1. The molecule has 0 aliphatic rings. The summed E-state index contributed by atoms with van der Waals surface area (Å²) in [6.45, 7) is 0. The van der Waals surface area contributed by atoms with Gasteiger partial charge < -0.3 is 5.73 Å². The van der Waals surface area contributed by atoms with Crippen LogP contribution < -0.4 is 5.73 Å². The maximum Gasteiger partial charge on any atom is 0.145 e. The van der Waals surface area contributed by atoms with E-state index in [1.807, 2.05) is 0 Å². The third kappa shape index (κ3) is 2.83. The molecule has 1 heterocycles. The highest BCUT2D eigenvalue weighted by Gasteiger charge is 2.13. The largest absolute Gasteiger partial charge is 0.322 e. The first-order chi connectivity index (χ1) is 8.58. The van der Waals surface area contributed by atoms with Crippen LogP contribution in [0, 0.1) is 11.6 Å². The van der Waals surface area contributed by atoms with Crippen LogP contribution in [0.15, 0.2) is 36.5 Å². The zero-order chi connectivity index (χ0) is 13.1. The lowest BCUT2D eigenvalue weighted by molar-refractivity contribution is 0.585. The van der Waals surface area contributed by atoms with Gasteiger partial charge in [-0.3, -0.25) is 4.98 Å². The summed E-state index contributed by atoms with van der Waals surface area (Å²) < 4.78 is 26.4. The highest BCUT2D eigenvalue weighted by molar-refractivity contribution is 6.30. The molecule has 0 spiro atoms. The minimum Gasteiger partial charge on any atom is -0.322 e. The first kappa shape index (κ1) is 12.9. The Kier molecular flexibility index (Phi) is 3.89. The summed E-state index contributed by atoms with van der Waals surface area (Å²) in [5, 5.41) is 0.0618. The fraction of sp³-hybridized carbons (Fsp3) is 0.154. The van der Waals surface area contributed by atoms with Gasteiger partial charge in [-0.15, -0.1) is 0 Å². The quantitative estimate of drug-likeness (QED) is 0.928. The predicted octanol–water partition coefficient (Wildman–Crippen LogP) is 3.26. The summed E-state index contributed by atoms with van der Waals surface area (Å²) in [7, 11) is 0. The molecule has 1 aromatic heterocycles. The Morgan fingerprint density at radius 1 is 1.22 bits per heavy atom. The molecule has 2 N–H and O–H groups in total. The zero-order valence-corrected chi connectivity index (χ0v) is 10.2. The molecule has 1 unspecified atom stereocenters. The third-order valence-electron chi connectivity index (χ3n) is 2.60. The molecule has 0 bridgehead atoms. The summed E-state index contributed by atoms with van der Waals surface area (Å²) in [6.07, 6.45) is 1.34. The number of halogens is 3. The Morgan fingerprint density at radius 3 is 2.67 bits per heavy atom. The SMILES string of the molecule is NC(Cc1cccc(Cl)c1F)c1ccc(F)cn1. The van der Waals surface area contributed by atoms with Gasteiger partial charge in [0.25, 0.3) is 0 Å². The number of pyridine rings is 1. The van der Waals surface area contributed by atoms with Gasteiger partial charge in [-0.25, -0.2) is 8.78 Å². The van der Waals surface area contributed by atoms with Crippen molar-refractivity contribution >= 4 is 11.6 Å². The van der Waals surface area contributed by atoms with Crippen LogP contribution in [0.4, 0.5) is 8.78 Å². The van der Waals surface area contributed by atoms with Gasteiger partial charge in [0.05, 0.1) is 23.0 Å². The second-order valence-electron chi connectivity index (χ2n) is 3.92. The molecular weight excluding hydrogens is 258 g/mol. The molecule has 1 aromatic carbocycles. The maximum absolute atomic E-state index is 13.7. The van der Waals surface area contributed by atoms with Gasteiger partial charge in [0.2, 0.25) is 0 Å². The highest BCUT2D eigenvalue weighted by atomic mass is 35.5. The first-order valence-electron chi connectivity index (χ1n) is 5.38. The number of nitrogens with two attached hydrogens (primary N) is 1. The van der Waals surface area contributed by atoms with Crippen molar-refractivity contribution in [1.82, 2.24) is 4.98 Å². The Hall–Kier alpha value is -1.52. The van der Waals surface area contributed by atoms with E-state index in [1.54, 1.807) is 12.1 Å². The summed E-state index contributed by atoms with van der Waals surface area (Å²) in [5.41, 5.74) is 6.83. The van der Waals surface area contributed by atoms with Gasteiger partial charge in [0, 0.05) is 0 Å². The van der Waals surface area contributed by atoms with Crippen LogP contribution in [0.3, 0.4) is 0 Å². The normalized spacial score (nSPS) is 12.4. The molecule has 2 aromatic rings. The van der Waals surface area contributed by atoms with Crippen LogP contribution in [0.25, 0.3) is 0 Å². The molecule has 0 aliphatic carbocycles. The number of benzene rings is 1. The number of hydrogen-bond acceptors (Lipinski definition) is 2. The van der Waals surface area contributed by atoms with E-state index >= 15 is 0 Å². The average molecular weight is 269 g/mol. The van der Waals surface area contributed by atoms with Crippen molar-refractivity contribution in [3.05, 3.63) is 64.4 Å². The minimum absolute atomic E-state index is 0.0618. The standard InChI is InChI=1S/C13H11ClF2N2/c14-10-3-1-2-8(13(10)16)6-11(17)12-5-4-9(15)7-18-12/h1-5,7,11H,6,17H2. The van der Waals surface area contributed by atoms with Crippen LogP contribution in [-0.4, -0.2) is 4.98 Å². The lowest BCUT2D eigenvalue weighted by Gasteiger charge is -2.12. The van der Waals surface area contributed by atoms with Crippen LogP contribution in [-0.2, 0) is 6.42 Å². The van der Waals surface area contributed by atoms with Crippen LogP contribution in [0.2, 0.25) is 5.02 Å². The van der Waals surface area contributed by atoms with Crippen molar-refractivity contribution in [2.45, 2.75) is 12.5 Å². The molecule has 94 valence electrons. The van der Waals surface area contributed by atoms with E-state index in [9.17, 15) is 8.78 Å².